The highest BCUT2D eigenvalue weighted by atomic mass is 32.1. The van der Waals surface area contributed by atoms with Gasteiger partial charge in [-0.25, -0.2) is 4.79 Å². The molecule has 1 saturated heterocycles. The normalized spacial score (nSPS) is 15.6. The number of hydrogen-bond donors (Lipinski definition) is 2. The molecule has 32 heavy (non-hydrogen) atoms. The van der Waals surface area contributed by atoms with Crippen LogP contribution in [0.15, 0.2) is 32.5 Å². The molecule has 1 N–H and O–H groups in total. The Hall–Kier alpha value is -3.41. The average molecular weight is 476 g/mol. The van der Waals surface area contributed by atoms with Gasteiger partial charge in [0.1, 0.15) is 5.58 Å². The maximum atomic E-state index is 12.4. The van der Waals surface area contributed by atoms with Gasteiger partial charge in [0.05, 0.1) is 23.7 Å². The van der Waals surface area contributed by atoms with Crippen molar-refractivity contribution in [2.24, 2.45) is 5.11 Å². The first-order chi connectivity index (χ1) is 15.2. The summed E-state index contributed by atoms with van der Waals surface area (Å²) in [5.41, 5.74) is 9.17. The van der Waals surface area contributed by atoms with Crippen LogP contribution in [0.2, 0.25) is 0 Å². The summed E-state index contributed by atoms with van der Waals surface area (Å²) in [6, 6.07) is 4.66. The Bertz CT molecular complexity index is 1240. The number of hydroxylamine groups is 2. The average Bonchev–Trinajstić information content (AvgIpc) is 2.97. The number of thiol groups is 1. The highest BCUT2D eigenvalue weighted by Crippen LogP contribution is 2.24. The van der Waals surface area contributed by atoms with E-state index in [1.165, 1.54) is 6.07 Å². The van der Waals surface area contributed by atoms with Gasteiger partial charge < -0.3 is 14.6 Å². The third-order valence-electron chi connectivity index (χ3n) is 4.69. The van der Waals surface area contributed by atoms with E-state index in [0.29, 0.717) is 21.7 Å². The Labute approximate surface area is 191 Å². The van der Waals surface area contributed by atoms with Gasteiger partial charge in [-0.2, -0.15) is 12.6 Å². The zero-order valence-corrected chi connectivity index (χ0v) is 18.4. The topological polar surface area (TPSA) is 155 Å². The number of azide groups is 1. The van der Waals surface area contributed by atoms with Crippen molar-refractivity contribution in [2.75, 3.05) is 6.54 Å². The second kappa shape index (κ2) is 9.81. The van der Waals surface area contributed by atoms with E-state index in [9.17, 15) is 19.2 Å². The minimum atomic E-state index is -0.757. The molecule has 1 fully saturated rings. The number of imide groups is 1. The molecule has 1 atom stereocenters. The lowest BCUT2D eigenvalue weighted by Gasteiger charge is -2.15. The zero-order chi connectivity index (χ0) is 23.4. The van der Waals surface area contributed by atoms with Gasteiger partial charge in [0.2, 0.25) is 5.91 Å². The van der Waals surface area contributed by atoms with Crippen LogP contribution in [0.1, 0.15) is 24.0 Å². The second-order valence-corrected chi connectivity index (χ2v) is 7.93. The van der Waals surface area contributed by atoms with Gasteiger partial charge in [-0.05, 0) is 36.3 Å². The molecule has 1 aliphatic rings. The first-order valence-electron chi connectivity index (χ1n) is 9.35. The predicted octanol–water partition coefficient (Wildman–Crippen LogP) is 2.41. The highest BCUT2D eigenvalue weighted by Gasteiger charge is 2.39. The Balaban J connectivity index is 1.59. The minimum absolute atomic E-state index is 0.0494. The Morgan fingerprint density at radius 2 is 2.19 bits per heavy atom. The number of nitrogens with one attached hydrogen (secondary N) is 1. The molecule has 3 rings (SSSR count). The molecule has 0 bridgehead atoms. The van der Waals surface area contributed by atoms with Crippen LogP contribution in [0.25, 0.3) is 21.4 Å². The van der Waals surface area contributed by atoms with Crippen molar-refractivity contribution < 1.29 is 23.6 Å². The predicted molar refractivity (Wildman–Crippen MR) is 120 cm³/mol. The van der Waals surface area contributed by atoms with E-state index < -0.39 is 28.6 Å². The summed E-state index contributed by atoms with van der Waals surface area (Å²) in [4.78, 5) is 55.9. The summed E-state index contributed by atoms with van der Waals surface area (Å²) in [5, 5.41) is 6.46. The number of carbonyl (C=O) groups excluding carboxylic acids is 3. The van der Waals surface area contributed by atoms with E-state index in [2.05, 4.69) is 28.0 Å². The monoisotopic (exact) mass is 475 g/mol. The summed E-state index contributed by atoms with van der Waals surface area (Å²) in [6.45, 7) is 1.77. The number of thiocarbonyl (C=S) groups is 1. The van der Waals surface area contributed by atoms with Crippen LogP contribution in [0.4, 0.5) is 5.69 Å². The van der Waals surface area contributed by atoms with E-state index in [0.717, 1.165) is 0 Å². The van der Waals surface area contributed by atoms with Crippen LogP contribution < -0.4 is 10.9 Å². The number of aryl methyl sites for hydroxylation is 1. The summed E-state index contributed by atoms with van der Waals surface area (Å²) < 4.78 is 5.27. The molecule has 1 aromatic carbocycles. The number of amides is 3. The van der Waals surface area contributed by atoms with Crippen LogP contribution >= 0.6 is 24.8 Å². The van der Waals surface area contributed by atoms with Crippen LogP contribution in [0, 0.1) is 6.92 Å². The SMILES string of the molecule is Cc1c(CC(=O)NCCC(=S)ON2C(=O)CC(S)C2=O)c(=O)oc2cc(N=[N+]=[N-])ccc12. The number of benzene rings is 1. The fourth-order valence-electron chi connectivity index (χ4n) is 3.07. The first-order valence-corrected chi connectivity index (χ1v) is 10.3. The minimum Gasteiger partial charge on any atom is -0.422 e. The Morgan fingerprint density at radius 3 is 2.84 bits per heavy atom. The van der Waals surface area contributed by atoms with E-state index in [1.54, 1.807) is 19.1 Å². The molecule has 0 saturated carbocycles. The molecule has 0 radical (unpaired) electrons. The third-order valence-corrected chi connectivity index (χ3v) is 5.37. The summed E-state index contributed by atoms with van der Waals surface area (Å²) in [5.74, 6) is -1.57. The maximum absolute atomic E-state index is 12.4. The van der Waals surface area contributed by atoms with E-state index in [1.807, 2.05) is 0 Å². The number of nitrogens with zero attached hydrogens (tertiary/aromatic N) is 4. The number of rotatable bonds is 7. The lowest BCUT2D eigenvalue weighted by atomic mass is 10.0. The fraction of sp³-hybridized carbons (Fsp3) is 0.316. The van der Waals surface area contributed by atoms with Gasteiger partial charge in [-0.3, -0.25) is 14.4 Å². The van der Waals surface area contributed by atoms with Crippen molar-refractivity contribution in [2.45, 2.75) is 31.4 Å². The van der Waals surface area contributed by atoms with E-state index >= 15 is 0 Å². The standard InChI is InChI=1S/C19H17N5O6S2/c1-9-11-3-2-10(22-23-20)6-13(11)29-19(28)12(9)7-15(25)21-5-4-17(32)30-24-16(26)8-14(31)18(24)27/h2-3,6,14,31H,4-5,7-8H2,1H3,(H,21,25). The molecule has 0 aliphatic carbocycles. The molecule has 1 aromatic heterocycles. The number of carbonyl (C=O) groups is 3. The van der Waals surface area contributed by atoms with Crippen LogP contribution in [-0.4, -0.2) is 39.6 Å². The molecule has 11 nitrogen and oxygen atoms in total. The molecule has 0 spiro atoms. The highest BCUT2D eigenvalue weighted by molar-refractivity contribution is 7.82. The molecule has 2 aromatic rings. The van der Waals surface area contributed by atoms with Crippen molar-refractivity contribution in [1.82, 2.24) is 10.4 Å². The molecule has 13 heteroatoms. The lowest BCUT2D eigenvalue weighted by Crippen LogP contribution is -2.35. The van der Waals surface area contributed by atoms with Crippen LogP contribution in [0.3, 0.4) is 0 Å². The molecule has 2 heterocycles. The largest absolute Gasteiger partial charge is 0.422 e. The third kappa shape index (κ3) is 5.07. The molecular weight excluding hydrogens is 458 g/mol. The molecule has 1 aliphatic heterocycles. The second-order valence-electron chi connectivity index (χ2n) is 6.85. The van der Waals surface area contributed by atoms with Crippen molar-refractivity contribution in [3.05, 3.63) is 50.2 Å². The van der Waals surface area contributed by atoms with Gasteiger partial charge >= 0.3 is 5.63 Å². The van der Waals surface area contributed by atoms with Crippen molar-refractivity contribution in [1.29, 1.82) is 0 Å². The fourth-order valence-corrected chi connectivity index (χ4v) is 3.50. The molecule has 3 amide bonds. The molecular formula is C19H17N5O6S2. The Kier molecular flexibility index (Phi) is 7.13. The van der Waals surface area contributed by atoms with E-state index in [-0.39, 0.29) is 42.0 Å². The summed E-state index contributed by atoms with van der Waals surface area (Å²) >= 11 is 8.98. The smallest absolute Gasteiger partial charge is 0.340 e. The molecule has 166 valence electrons. The van der Waals surface area contributed by atoms with Gasteiger partial charge in [0.25, 0.3) is 11.8 Å². The maximum Gasteiger partial charge on any atom is 0.340 e. The quantitative estimate of drug-likeness (QED) is 0.118. The van der Waals surface area contributed by atoms with Gasteiger partial charge in [-0.1, -0.05) is 17.2 Å². The number of fused-ring (bicyclic) bond motifs is 1. The molecule has 1 unspecified atom stereocenters. The van der Waals surface area contributed by atoms with Crippen LogP contribution in [-0.2, 0) is 25.6 Å². The van der Waals surface area contributed by atoms with Crippen LogP contribution in [0.5, 0.6) is 0 Å². The van der Waals surface area contributed by atoms with Crippen molar-refractivity contribution >= 4 is 64.3 Å². The van der Waals surface area contributed by atoms with Crippen molar-refractivity contribution in [3.63, 3.8) is 0 Å². The zero-order valence-electron chi connectivity index (χ0n) is 16.7. The lowest BCUT2D eigenvalue weighted by molar-refractivity contribution is -0.166. The van der Waals surface area contributed by atoms with Gasteiger partial charge in [0, 0.05) is 29.0 Å². The summed E-state index contributed by atoms with van der Waals surface area (Å²) in [6.07, 6.45) is -0.217. The van der Waals surface area contributed by atoms with Crippen molar-refractivity contribution in [3.8, 4) is 0 Å². The van der Waals surface area contributed by atoms with Gasteiger partial charge in [-0.15, -0.1) is 5.06 Å². The Morgan fingerprint density at radius 1 is 1.44 bits per heavy atom. The number of hydrogen-bond acceptors (Lipinski definition) is 9. The van der Waals surface area contributed by atoms with Gasteiger partial charge in [0.15, 0.2) is 5.05 Å². The first kappa shape index (κ1) is 23.3. The summed E-state index contributed by atoms with van der Waals surface area (Å²) in [7, 11) is 0. The van der Waals surface area contributed by atoms with E-state index in [4.69, 9.17) is 27.0 Å².